The third-order valence-corrected chi connectivity index (χ3v) is 3.41. The Labute approximate surface area is 155 Å². The molecule has 0 spiro atoms. The fraction of sp³-hybridized carbons (Fsp3) is 0.643. The number of nitrogens with one attached hydrogen (secondary N) is 2. The first kappa shape index (κ1) is 24.1. The quantitative estimate of drug-likeness (QED) is 0.0859. The van der Waals surface area contributed by atoms with Gasteiger partial charge >= 0.3 is 5.97 Å². The van der Waals surface area contributed by atoms with Crippen LogP contribution in [0.15, 0.2) is 4.99 Å². The van der Waals surface area contributed by atoms with Crippen LogP contribution >= 0.6 is 0 Å². The zero-order valence-corrected chi connectivity index (χ0v) is 14.8. The van der Waals surface area contributed by atoms with Gasteiger partial charge in [-0.1, -0.05) is 0 Å². The molecule has 0 bridgehead atoms. The highest BCUT2D eigenvalue weighted by Crippen LogP contribution is 2.02. The molecular weight excluding hydrogens is 362 g/mol. The molecule has 0 aromatic rings. The van der Waals surface area contributed by atoms with Gasteiger partial charge in [-0.25, -0.2) is 4.79 Å². The van der Waals surface area contributed by atoms with Gasteiger partial charge in [-0.05, 0) is 19.3 Å². The van der Waals surface area contributed by atoms with Gasteiger partial charge in [0.2, 0.25) is 17.7 Å². The van der Waals surface area contributed by atoms with Gasteiger partial charge in [0.25, 0.3) is 0 Å². The number of aliphatic hydroxyl groups excluding tert-OH is 1. The number of carboxylic acid groups (broad SMARTS) is 1. The van der Waals surface area contributed by atoms with E-state index in [1.165, 1.54) is 0 Å². The van der Waals surface area contributed by atoms with E-state index < -0.39 is 48.4 Å². The summed E-state index contributed by atoms with van der Waals surface area (Å²) in [5.74, 6) is -3.74. The summed E-state index contributed by atoms with van der Waals surface area (Å²) in [4.78, 5) is 49.8. The van der Waals surface area contributed by atoms with E-state index >= 15 is 0 Å². The van der Waals surface area contributed by atoms with Crippen molar-refractivity contribution in [2.45, 2.75) is 43.8 Å². The van der Waals surface area contributed by atoms with E-state index in [0.717, 1.165) is 0 Å². The lowest BCUT2D eigenvalue weighted by Gasteiger charge is -2.22. The van der Waals surface area contributed by atoms with Crippen LogP contribution < -0.4 is 33.6 Å². The van der Waals surface area contributed by atoms with Crippen molar-refractivity contribution in [3.05, 3.63) is 0 Å². The molecule has 0 saturated carbocycles. The molecule has 0 fully saturated rings. The van der Waals surface area contributed by atoms with Crippen molar-refractivity contribution < 1.29 is 29.4 Å². The van der Waals surface area contributed by atoms with Crippen LogP contribution in [-0.2, 0) is 19.2 Å². The van der Waals surface area contributed by atoms with Crippen molar-refractivity contribution in [1.82, 2.24) is 10.6 Å². The first-order valence-corrected chi connectivity index (χ1v) is 8.12. The van der Waals surface area contributed by atoms with Crippen LogP contribution in [0.4, 0.5) is 0 Å². The molecule has 27 heavy (non-hydrogen) atoms. The molecule has 0 aromatic heterocycles. The molecule has 0 rings (SSSR count). The maximum absolute atomic E-state index is 12.3. The highest BCUT2D eigenvalue weighted by atomic mass is 16.4. The molecule has 13 heteroatoms. The Morgan fingerprint density at radius 2 is 1.56 bits per heavy atom. The summed E-state index contributed by atoms with van der Waals surface area (Å²) in [5, 5.41) is 22.4. The van der Waals surface area contributed by atoms with Crippen molar-refractivity contribution in [1.29, 1.82) is 0 Å². The van der Waals surface area contributed by atoms with Crippen LogP contribution in [0.2, 0.25) is 0 Å². The molecule has 0 radical (unpaired) electrons. The molecular formula is C14H27N7O6. The fourth-order valence-electron chi connectivity index (χ4n) is 1.94. The largest absolute Gasteiger partial charge is 0.480 e. The minimum absolute atomic E-state index is 0.0160. The Hall–Kier alpha value is -2.93. The summed E-state index contributed by atoms with van der Waals surface area (Å²) < 4.78 is 0. The molecule has 3 atom stereocenters. The lowest BCUT2D eigenvalue weighted by atomic mass is 10.1. The Kier molecular flexibility index (Phi) is 11.1. The number of carbonyl (C=O) groups excluding carboxylic acids is 3. The Bertz CT molecular complexity index is 564. The van der Waals surface area contributed by atoms with Gasteiger partial charge in [-0.3, -0.25) is 19.4 Å². The average Bonchev–Trinajstić information content (AvgIpc) is 2.58. The third kappa shape index (κ3) is 10.6. The molecule has 3 amide bonds. The summed E-state index contributed by atoms with van der Waals surface area (Å²) in [6.45, 7) is -0.647. The number of carbonyl (C=O) groups is 4. The topological polar surface area (TPSA) is 249 Å². The zero-order valence-electron chi connectivity index (χ0n) is 14.8. The lowest BCUT2D eigenvalue weighted by Crippen LogP contribution is -2.55. The number of hydrogen-bond donors (Lipinski definition) is 8. The summed E-state index contributed by atoms with van der Waals surface area (Å²) in [7, 11) is 0. The summed E-state index contributed by atoms with van der Waals surface area (Å²) in [6.07, 6.45) is 0.248. The van der Waals surface area contributed by atoms with Crippen molar-refractivity contribution >= 4 is 29.7 Å². The molecule has 154 valence electrons. The second-order valence-electron chi connectivity index (χ2n) is 5.70. The van der Waals surface area contributed by atoms with Crippen LogP contribution in [0.25, 0.3) is 0 Å². The third-order valence-electron chi connectivity index (χ3n) is 3.41. The Morgan fingerprint density at radius 1 is 0.963 bits per heavy atom. The van der Waals surface area contributed by atoms with E-state index in [2.05, 4.69) is 15.6 Å². The number of primary amides is 1. The molecule has 0 aromatic carbocycles. The number of aliphatic hydroxyl groups is 1. The predicted octanol–water partition coefficient (Wildman–Crippen LogP) is -4.32. The number of aliphatic imine (C=N–C) groups is 1. The van der Waals surface area contributed by atoms with E-state index in [-0.39, 0.29) is 31.8 Å². The number of carboxylic acids is 1. The molecule has 0 saturated heterocycles. The standard InChI is InChI=1S/C14H27N7O6/c15-7(3-4-10(16)23)11(24)20-8(2-1-5-19-14(17)18)12(25)21-9(6-22)13(26)27/h7-9,22H,1-6,15H2,(H2,16,23)(H,20,24)(H,21,25)(H,26,27)(H4,17,18,19)/t7-,8-,9-/m0/s1. The molecule has 0 aliphatic rings. The number of hydrogen-bond acceptors (Lipinski definition) is 7. The maximum atomic E-state index is 12.3. The summed E-state index contributed by atoms with van der Waals surface area (Å²) in [6, 6.07) is -3.75. The van der Waals surface area contributed by atoms with E-state index in [1.54, 1.807) is 0 Å². The van der Waals surface area contributed by atoms with Gasteiger partial charge in [-0.15, -0.1) is 0 Å². The molecule has 12 N–H and O–H groups in total. The van der Waals surface area contributed by atoms with Gasteiger partial charge in [0.15, 0.2) is 5.96 Å². The van der Waals surface area contributed by atoms with Crippen molar-refractivity contribution in [3.63, 3.8) is 0 Å². The van der Waals surface area contributed by atoms with Crippen LogP contribution in [-0.4, -0.2) is 71.1 Å². The van der Waals surface area contributed by atoms with Gasteiger partial charge in [0.1, 0.15) is 12.1 Å². The van der Waals surface area contributed by atoms with Crippen LogP contribution in [0, 0.1) is 0 Å². The molecule has 0 heterocycles. The highest BCUT2D eigenvalue weighted by Gasteiger charge is 2.27. The fourth-order valence-corrected chi connectivity index (χ4v) is 1.94. The van der Waals surface area contributed by atoms with Crippen molar-refractivity contribution in [2.24, 2.45) is 27.9 Å². The lowest BCUT2D eigenvalue weighted by molar-refractivity contribution is -0.143. The van der Waals surface area contributed by atoms with E-state index in [1.807, 2.05) is 0 Å². The molecule has 0 aliphatic heterocycles. The van der Waals surface area contributed by atoms with E-state index in [9.17, 15) is 19.2 Å². The van der Waals surface area contributed by atoms with Crippen LogP contribution in [0.3, 0.4) is 0 Å². The average molecular weight is 389 g/mol. The second-order valence-corrected chi connectivity index (χ2v) is 5.70. The zero-order chi connectivity index (χ0) is 21.0. The minimum Gasteiger partial charge on any atom is -0.480 e. The number of aliphatic carboxylic acids is 1. The van der Waals surface area contributed by atoms with E-state index in [4.69, 9.17) is 33.1 Å². The Morgan fingerprint density at radius 3 is 2.04 bits per heavy atom. The van der Waals surface area contributed by atoms with Gasteiger partial charge in [0, 0.05) is 13.0 Å². The summed E-state index contributed by atoms with van der Waals surface area (Å²) >= 11 is 0. The number of nitrogens with two attached hydrogens (primary N) is 4. The normalized spacial score (nSPS) is 13.7. The summed E-state index contributed by atoms with van der Waals surface area (Å²) in [5.41, 5.74) is 21.0. The van der Waals surface area contributed by atoms with Gasteiger partial charge < -0.3 is 43.8 Å². The molecule has 13 nitrogen and oxygen atoms in total. The maximum Gasteiger partial charge on any atom is 0.328 e. The van der Waals surface area contributed by atoms with Crippen molar-refractivity contribution in [2.75, 3.05) is 13.2 Å². The van der Waals surface area contributed by atoms with Crippen LogP contribution in [0.5, 0.6) is 0 Å². The van der Waals surface area contributed by atoms with Gasteiger partial charge in [0.05, 0.1) is 12.6 Å². The molecule has 0 aliphatic carbocycles. The number of nitrogens with zero attached hydrogens (tertiary/aromatic N) is 1. The second kappa shape index (κ2) is 12.4. The van der Waals surface area contributed by atoms with Crippen LogP contribution in [0.1, 0.15) is 25.7 Å². The molecule has 0 unspecified atom stereocenters. The monoisotopic (exact) mass is 389 g/mol. The first-order chi connectivity index (χ1) is 12.6. The van der Waals surface area contributed by atoms with E-state index in [0.29, 0.717) is 6.42 Å². The number of rotatable bonds is 13. The smallest absolute Gasteiger partial charge is 0.328 e. The first-order valence-electron chi connectivity index (χ1n) is 8.12. The van der Waals surface area contributed by atoms with Crippen molar-refractivity contribution in [3.8, 4) is 0 Å². The Balaban J connectivity index is 4.97. The predicted molar refractivity (Wildman–Crippen MR) is 94.9 cm³/mol. The minimum atomic E-state index is -1.53. The van der Waals surface area contributed by atoms with Gasteiger partial charge in [-0.2, -0.15) is 0 Å². The SMILES string of the molecule is NC(=O)CC[C@H](N)C(=O)N[C@@H](CCCN=C(N)N)C(=O)N[C@@H](CO)C(=O)O. The number of guanidine groups is 1. The number of amides is 3. The highest BCUT2D eigenvalue weighted by molar-refractivity contribution is 5.92.